The Balaban J connectivity index is 2.74. The summed E-state index contributed by atoms with van der Waals surface area (Å²) in [6.07, 6.45) is 2.57. The second-order valence-corrected chi connectivity index (χ2v) is 4.80. The van der Waals surface area contributed by atoms with Crippen LogP contribution in [0.25, 0.3) is 6.08 Å². The third kappa shape index (κ3) is 4.91. The predicted molar refractivity (Wildman–Crippen MR) is 76.4 cm³/mol. The van der Waals surface area contributed by atoms with Crippen LogP contribution in [0.5, 0.6) is 5.75 Å². The van der Waals surface area contributed by atoms with E-state index in [-0.39, 0.29) is 11.7 Å². The maximum Gasteiger partial charge on any atom is 0.326 e. The van der Waals surface area contributed by atoms with E-state index in [9.17, 15) is 14.0 Å². The van der Waals surface area contributed by atoms with Crippen molar-refractivity contribution >= 4 is 18.0 Å². The van der Waals surface area contributed by atoms with Crippen LogP contribution in [0.1, 0.15) is 19.4 Å². The van der Waals surface area contributed by atoms with Gasteiger partial charge in [-0.15, -0.1) is 0 Å². The number of rotatable bonds is 6. The smallest absolute Gasteiger partial charge is 0.326 e. The predicted octanol–water partition coefficient (Wildman–Crippen LogP) is 2.07. The van der Waals surface area contributed by atoms with Gasteiger partial charge in [-0.2, -0.15) is 0 Å². The summed E-state index contributed by atoms with van der Waals surface area (Å²) in [6, 6.07) is 3.29. The van der Waals surface area contributed by atoms with Gasteiger partial charge in [0, 0.05) is 6.08 Å². The molecule has 0 aliphatic rings. The quantitative estimate of drug-likeness (QED) is 0.788. The zero-order valence-corrected chi connectivity index (χ0v) is 12.1. The topological polar surface area (TPSA) is 75.6 Å². The molecule has 0 aliphatic heterocycles. The lowest BCUT2D eigenvalue weighted by molar-refractivity contribution is -0.142. The Labute approximate surface area is 122 Å². The minimum atomic E-state index is -1.10. The van der Waals surface area contributed by atoms with E-state index in [4.69, 9.17) is 9.84 Å². The first-order valence-corrected chi connectivity index (χ1v) is 6.40. The van der Waals surface area contributed by atoms with Crippen LogP contribution < -0.4 is 10.1 Å². The van der Waals surface area contributed by atoms with Crippen molar-refractivity contribution in [2.45, 2.75) is 19.9 Å². The number of ether oxygens (including phenoxy) is 1. The van der Waals surface area contributed by atoms with Crippen LogP contribution >= 0.6 is 0 Å². The SMILES string of the molecule is COc1ccc(C=CC(=O)N[C@@H](C(=O)O)C(C)C)cc1F. The molecule has 0 saturated carbocycles. The third-order valence-corrected chi connectivity index (χ3v) is 2.83. The van der Waals surface area contributed by atoms with Crippen LogP contribution in [0.15, 0.2) is 24.3 Å². The lowest BCUT2D eigenvalue weighted by Crippen LogP contribution is -2.43. The normalized spacial score (nSPS) is 12.4. The molecule has 0 bridgehead atoms. The Morgan fingerprint density at radius 2 is 2.05 bits per heavy atom. The van der Waals surface area contributed by atoms with Gasteiger partial charge in [0.1, 0.15) is 6.04 Å². The highest BCUT2D eigenvalue weighted by atomic mass is 19.1. The fourth-order valence-electron chi connectivity index (χ4n) is 1.67. The average Bonchev–Trinajstić information content (AvgIpc) is 2.42. The summed E-state index contributed by atoms with van der Waals surface area (Å²) in [6.45, 7) is 3.39. The Morgan fingerprint density at radius 1 is 1.38 bits per heavy atom. The van der Waals surface area contributed by atoms with Crippen molar-refractivity contribution in [3.8, 4) is 5.75 Å². The molecule has 1 amide bonds. The Morgan fingerprint density at radius 3 is 2.52 bits per heavy atom. The number of carbonyl (C=O) groups is 2. The molecule has 21 heavy (non-hydrogen) atoms. The number of hydrogen-bond acceptors (Lipinski definition) is 3. The highest BCUT2D eigenvalue weighted by molar-refractivity contribution is 5.94. The first-order valence-electron chi connectivity index (χ1n) is 6.40. The highest BCUT2D eigenvalue weighted by Gasteiger charge is 2.22. The maximum absolute atomic E-state index is 13.5. The van der Waals surface area contributed by atoms with Crippen LogP contribution in [0.4, 0.5) is 4.39 Å². The van der Waals surface area contributed by atoms with Crippen LogP contribution in [-0.2, 0) is 9.59 Å². The zero-order valence-electron chi connectivity index (χ0n) is 12.1. The van der Waals surface area contributed by atoms with Gasteiger partial charge in [0.05, 0.1) is 7.11 Å². The Hall–Kier alpha value is -2.37. The van der Waals surface area contributed by atoms with Gasteiger partial charge in [0.15, 0.2) is 11.6 Å². The molecule has 6 heteroatoms. The highest BCUT2D eigenvalue weighted by Crippen LogP contribution is 2.18. The molecule has 1 rings (SSSR count). The van der Waals surface area contributed by atoms with Crippen molar-refractivity contribution in [2.24, 2.45) is 5.92 Å². The Kier molecular flexibility index (Phi) is 5.90. The number of carbonyl (C=O) groups excluding carboxylic acids is 1. The van der Waals surface area contributed by atoms with E-state index in [0.29, 0.717) is 5.56 Å². The number of amides is 1. The van der Waals surface area contributed by atoms with E-state index in [1.165, 1.54) is 31.4 Å². The second kappa shape index (κ2) is 7.42. The van der Waals surface area contributed by atoms with E-state index in [1.807, 2.05) is 0 Å². The van der Waals surface area contributed by atoms with Crippen molar-refractivity contribution in [1.82, 2.24) is 5.32 Å². The number of nitrogens with one attached hydrogen (secondary N) is 1. The van der Waals surface area contributed by atoms with Crippen molar-refractivity contribution in [2.75, 3.05) is 7.11 Å². The summed E-state index contributed by atoms with van der Waals surface area (Å²) in [5, 5.41) is 11.3. The molecule has 0 spiro atoms. The fourth-order valence-corrected chi connectivity index (χ4v) is 1.67. The molecule has 0 radical (unpaired) electrons. The summed E-state index contributed by atoms with van der Waals surface area (Å²) < 4.78 is 18.2. The van der Waals surface area contributed by atoms with E-state index in [2.05, 4.69) is 5.32 Å². The summed E-state index contributed by atoms with van der Waals surface area (Å²) in [4.78, 5) is 22.6. The largest absolute Gasteiger partial charge is 0.494 e. The molecule has 114 valence electrons. The lowest BCUT2D eigenvalue weighted by atomic mass is 10.0. The van der Waals surface area contributed by atoms with Crippen molar-refractivity contribution < 1.29 is 23.8 Å². The van der Waals surface area contributed by atoms with Gasteiger partial charge >= 0.3 is 5.97 Å². The monoisotopic (exact) mass is 295 g/mol. The zero-order chi connectivity index (χ0) is 16.0. The third-order valence-electron chi connectivity index (χ3n) is 2.83. The molecule has 1 atom stereocenters. The maximum atomic E-state index is 13.5. The molecule has 1 aromatic rings. The fraction of sp³-hybridized carbons (Fsp3) is 0.333. The number of aliphatic carboxylic acids is 1. The van der Waals surface area contributed by atoms with Gasteiger partial charge in [-0.3, -0.25) is 4.79 Å². The molecule has 5 nitrogen and oxygen atoms in total. The number of halogens is 1. The molecule has 0 aromatic heterocycles. The number of carboxylic acid groups (broad SMARTS) is 1. The molecular weight excluding hydrogens is 277 g/mol. The summed E-state index contributed by atoms with van der Waals surface area (Å²) >= 11 is 0. The van der Waals surface area contributed by atoms with Crippen molar-refractivity contribution in [3.63, 3.8) is 0 Å². The van der Waals surface area contributed by atoms with Crippen LogP contribution in [0, 0.1) is 11.7 Å². The molecule has 0 aliphatic carbocycles. The average molecular weight is 295 g/mol. The second-order valence-electron chi connectivity index (χ2n) is 4.80. The summed E-state index contributed by atoms with van der Waals surface area (Å²) in [5.74, 6) is -2.30. The molecule has 2 N–H and O–H groups in total. The van der Waals surface area contributed by atoms with Crippen LogP contribution in [0.2, 0.25) is 0 Å². The minimum absolute atomic E-state index is 0.113. The van der Waals surface area contributed by atoms with Gasteiger partial charge in [0.25, 0.3) is 0 Å². The van der Waals surface area contributed by atoms with Crippen molar-refractivity contribution in [1.29, 1.82) is 0 Å². The number of benzene rings is 1. The molecular formula is C15H18FNO4. The number of hydrogen-bond donors (Lipinski definition) is 2. The van der Waals surface area contributed by atoms with Crippen molar-refractivity contribution in [3.05, 3.63) is 35.7 Å². The van der Waals surface area contributed by atoms with E-state index < -0.39 is 23.7 Å². The van der Waals surface area contributed by atoms with Crippen LogP contribution in [0.3, 0.4) is 0 Å². The van der Waals surface area contributed by atoms with Gasteiger partial charge in [0.2, 0.25) is 5.91 Å². The number of methoxy groups -OCH3 is 1. The molecule has 0 unspecified atom stereocenters. The first kappa shape index (κ1) is 16.7. The lowest BCUT2D eigenvalue weighted by Gasteiger charge is -2.16. The molecule has 0 fully saturated rings. The molecule has 0 saturated heterocycles. The molecule has 1 aromatic carbocycles. The van der Waals surface area contributed by atoms with Gasteiger partial charge in [-0.05, 0) is 29.7 Å². The molecule has 0 heterocycles. The number of carboxylic acids is 1. The van der Waals surface area contributed by atoms with Gasteiger partial charge < -0.3 is 15.2 Å². The van der Waals surface area contributed by atoms with Gasteiger partial charge in [-0.1, -0.05) is 19.9 Å². The summed E-state index contributed by atoms with van der Waals surface area (Å²) in [5.41, 5.74) is 0.472. The van der Waals surface area contributed by atoms with Gasteiger partial charge in [-0.25, -0.2) is 9.18 Å². The first-order chi connectivity index (χ1) is 9.85. The Bertz CT molecular complexity index is 555. The van der Waals surface area contributed by atoms with E-state index in [1.54, 1.807) is 19.9 Å². The standard InChI is InChI=1S/C15H18FNO4/c1-9(2)14(15(19)20)17-13(18)7-5-10-4-6-12(21-3)11(16)8-10/h4-9,14H,1-3H3,(H,17,18)(H,19,20)/t14-/m1/s1. The minimum Gasteiger partial charge on any atom is -0.494 e. The summed E-state index contributed by atoms with van der Waals surface area (Å²) in [7, 11) is 1.36. The van der Waals surface area contributed by atoms with E-state index >= 15 is 0 Å². The van der Waals surface area contributed by atoms with Crippen LogP contribution in [-0.4, -0.2) is 30.1 Å². The van der Waals surface area contributed by atoms with E-state index in [0.717, 1.165) is 0 Å².